The Bertz CT molecular complexity index is 1910. The Balaban J connectivity index is 1.49. The molecule has 0 aliphatic heterocycles. The van der Waals surface area contributed by atoms with E-state index in [1.165, 1.54) is 16.3 Å². The number of carbonyl (C=O) groups excluding carboxylic acids is 2. The summed E-state index contributed by atoms with van der Waals surface area (Å²) in [6.07, 6.45) is 2.64. The maximum Gasteiger partial charge on any atom is 0.268 e. The molecule has 4 aromatic carbocycles. The number of phenolic OH excluding ortho intramolecular Hbond substituents is 1. The van der Waals surface area contributed by atoms with Crippen LogP contribution in [0.25, 0.3) is 11.1 Å². The van der Waals surface area contributed by atoms with Gasteiger partial charge in [-0.2, -0.15) is 0 Å². The van der Waals surface area contributed by atoms with Crippen LogP contribution in [0.15, 0.2) is 89.8 Å². The van der Waals surface area contributed by atoms with Gasteiger partial charge in [0, 0.05) is 33.3 Å². The lowest BCUT2D eigenvalue weighted by molar-refractivity contribution is -0.131. The number of rotatable bonds is 10. The molecule has 0 saturated carbocycles. The average molecular weight is 656 g/mol. The molecule has 4 aromatic rings. The number of aromatic hydroxyl groups is 1. The van der Waals surface area contributed by atoms with Crippen molar-refractivity contribution < 1.29 is 27.9 Å². The summed E-state index contributed by atoms with van der Waals surface area (Å²) in [4.78, 5) is 29.2. The Morgan fingerprint density at radius 1 is 0.915 bits per heavy atom. The zero-order valence-electron chi connectivity index (χ0n) is 27.4. The first-order valence-corrected chi connectivity index (χ1v) is 17.1. The van der Waals surface area contributed by atoms with Gasteiger partial charge in [-0.25, -0.2) is 8.42 Å². The summed E-state index contributed by atoms with van der Waals surface area (Å²) < 4.78 is 35.7. The minimum Gasteiger partial charge on any atom is -0.508 e. The second kappa shape index (κ2) is 13.9. The predicted molar refractivity (Wildman–Crippen MR) is 183 cm³/mol. The molecule has 0 aromatic heterocycles. The van der Waals surface area contributed by atoms with E-state index in [9.17, 15) is 23.1 Å². The SMILES string of the molecule is CCN(c1ccc2c(c1)C(N(C)C(=O)Cc1cccc(O)c1)CCC2)S(=O)(=O)c1cc(-c2cccc(C(=O)N(C)C)c2)ccc1OC. The third kappa shape index (κ3) is 6.97. The molecule has 47 heavy (non-hydrogen) atoms. The van der Waals surface area contributed by atoms with E-state index in [0.29, 0.717) is 22.4 Å². The molecule has 0 fully saturated rings. The van der Waals surface area contributed by atoms with Crippen molar-refractivity contribution in [2.75, 3.05) is 39.1 Å². The van der Waals surface area contributed by atoms with Crippen LogP contribution in [0.2, 0.25) is 0 Å². The van der Waals surface area contributed by atoms with Crippen LogP contribution in [0.5, 0.6) is 11.5 Å². The second-order valence-corrected chi connectivity index (χ2v) is 13.8. The number of aryl methyl sites for hydroxylation is 1. The van der Waals surface area contributed by atoms with Crippen LogP contribution in [0.3, 0.4) is 0 Å². The molecule has 10 heteroatoms. The number of nitrogens with zero attached hydrogens (tertiary/aromatic N) is 3. The molecule has 1 atom stereocenters. The van der Waals surface area contributed by atoms with Gasteiger partial charge in [0.2, 0.25) is 5.91 Å². The van der Waals surface area contributed by atoms with E-state index in [4.69, 9.17) is 4.74 Å². The lowest BCUT2D eigenvalue weighted by Crippen LogP contribution is -2.35. The molecule has 0 radical (unpaired) electrons. The molecule has 0 heterocycles. The Hall–Kier alpha value is -4.83. The van der Waals surface area contributed by atoms with Crippen molar-refractivity contribution in [1.29, 1.82) is 0 Å². The van der Waals surface area contributed by atoms with Crippen molar-refractivity contribution in [3.05, 3.63) is 107 Å². The van der Waals surface area contributed by atoms with E-state index in [1.807, 2.05) is 30.3 Å². The van der Waals surface area contributed by atoms with Crippen LogP contribution < -0.4 is 9.04 Å². The predicted octanol–water partition coefficient (Wildman–Crippen LogP) is 6.06. The van der Waals surface area contributed by atoms with Crippen molar-refractivity contribution in [2.45, 2.75) is 43.5 Å². The summed E-state index contributed by atoms with van der Waals surface area (Å²) in [6, 6.07) is 24.2. The van der Waals surface area contributed by atoms with Crippen molar-refractivity contribution in [3.8, 4) is 22.6 Å². The molecule has 1 unspecified atom stereocenters. The fraction of sp³-hybridized carbons (Fsp3) is 0.297. The number of anilines is 1. The Labute approximate surface area is 277 Å². The summed E-state index contributed by atoms with van der Waals surface area (Å²) in [5, 5.41) is 9.85. The molecule has 9 nitrogen and oxygen atoms in total. The minimum atomic E-state index is -4.11. The monoisotopic (exact) mass is 655 g/mol. The second-order valence-electron chi connectivity index (χ2n) is 12.0. The smallest absolute Gasteiger partial charge is 0.268 e. The number of fused-ring (bicyclic) bond motifs is 1. The summed E-state index contributed by atoms with van der Waals surface area (Å²) in [5.41, 5.74) is 5.07. The number of amides is 2. The van der Waals surface area contributed by atoms with E-state index in [1.54, 1.807) is 87.6 Å². The molecule has 5 rings (SSSR count). The van der Waals surface area contributed by atoms with Crippen molar-refractivity contribution in [2.24, 2.45) is 0 Å². The normalized spacial score (nSPS) is 14.2. The Morgan fingerprint density at radius 2 is 1.66 bits per heavy atom. The van der Waals surface area contributed by atoms with Crippen molar-refractivity contribution in [3.63, 3.8) is 0 Å². The van der Waals surface area contributed by atoms with E-state index in [-0.39, 0.29) is 47.2 Å². The van der Waals surface area contributed by atoms with E-state index >= 15 is 0 Å². The van der Waals surface area contributed by atoms with Gasteiger partial charge in [0.05, 0.1) is 25.3 Å². The highest BCUT2D eigenvalue weighted by atomic mass is 32.2. The van der Waals surface area contributed by atoms with Gasteiger partial charge in [0.15, 0.2) is 0 Å². The molecule has 2 amide bonds. The fourth-order valence-corrected chi connectivity index (χ4v) is 7.87. The van der Waals surface area contributed by atoms with Crippen LogP contribution in [0, 0.1) is 0 Å². The van der Waals surface area contributed by atoms with E-state index in [0.717, 1.165) is 36.0 Å². The van der Waals surface area contributed by atoms with Gasteiger partial charge in [0.25, 0.3) is 15.9 Å². The average Bonchev–Trinajstić information content (AvgIpc) is 3.07. The van der Waals surface area contributed by atoms with Gasteiger partial charge in [0.1, 0.15) is 16.4 Å². The van der Waals surface area contributed by atoms with Gasteiger partial charge in [-0.15, -0.1) is 0 Å². The van der Waals surface area contributed by atoms with E-state index in [2.05, 4.69) is 0 Å². The number of benzene rings is 4. The highest BCUT2D eigenvalue weighted by Crippen LogP contribution is 2.39. The Kier molecular flexibility index (Phi) is 9.91. The molecule has 1 aliphatic carbocycles. The first-order valence-electron chi connectivity index (χ1n) is 15.6. The van der Waals surface area contributed by atoms with Crippen LogP contribution in [0.4, 0.5) is 5.69 Å². The third-order valence-corrected chi connectivity index (χ3v) is 10.6. The molecule has 0 spiro atoms. The van der Waals surface area contributed by atoms with Crippen molar-refractivity contribution >= 4 is 27.5 Å². The molecular formula is C37H41N3O6S. The summed E-state index contributed by atoms with van der Waals surface area (Å²) in [6.45, 7) is 1.95. The standard InChI is InChI=1S/C37H41N3O6S/c1-6-40(47(44,45)35-23-28(17-19-34(35)46-5)27-12-8-13-29(22-27)37(43)38(2)3)30-18-16-26-11-9-15-33(32(26)24-30)39(4)36(42)21-25-10-7-14-31(41)20-25/h7-8,10,12-14,16-20,22-24,33,41H,6,9,11,15,21H2,1-5H3. The molecule has 1 aliphatic rings. The summed E-state index contributed by atoms with van der Waals surface area (Å²) in [5.74, 6) is 0.0851. The molecular weight excluding hydrogens is 614 g/mol. The number of phenols is 1. The van der Waals surface area contributed by atoms with Crippen LogP contribution in [-0.2, 0) is 27.7 Å². The zero-order valence-corrected chi connectivity index (χ0v) is 28.3. The summed E-state index contributed by atoms with van der Waals surface area (Å²) >= 11 is 0. The highest BCUT2D eigenvalue weighted by molar-refractivity contribution is 7.93. The highest BCUT2D eigenvalue weighted by Gasteiger charge is 2.31. The number of methoxy groups -OCH3 is 1. The number of likely N-dealkylation sites (N-methyl/N-ethyl adjacent to an activating group) is 1. The molecule has 1 N–H and O–H groups in total. The number of carbonyl (C=O) groups is 2. The van der Waals surface area contributed by atoms with Crippen LogP contribution in [-0.4, -0.2) is 69.9 Å². The topological polar surface area (TPSA) is 107 Å². The Morgan fingerprint density at radius 3 is 2.36 bits per heavy atom. The largest absolute Gasteiger partial charge is 0.508 e. The zero-order chi connectivity index (χ0) is 33.9. The van der Waals surface area contributed by atoms with Crippen LogP contribution >= 0.6 is 0 Å². The van der Waals surface area contributed by atoms with Gasteiger partial charge in [-0.3, -0.25) is 13.9 Å². The summed E-state index contributed by atoms with van der Waals surface area (Å²) in [7, 11) is 2.47. The first-order chi connectivity index (χ1) is 22.4. The van der Waals surface area contributed by atoms with Crippen molar-refractivity contribution in [1.82, 2.24) is 9.80 Å². The molecule has 246 valence electrons. The molecule has 0 saturated heterocycles. The number of hydrogen-bond donors (Lipinski definition) is 1. The van der Waals surface area contributed by atoms with Gasteiger partial charge in [-0.1, -0.05) is 36.4 Å². The van der Waals surface area contributed by atoms with Gasteiger partial charge >= 0.3 is 0 Å². The maximum atomic E-state index is 14.4. The maximum absolute atomic E-state index is 14.4. The van der Waals surface area contributed by atoms with E-state index < -0.39 is 10.0 Å². The lowest BCUT2D eigenvalue weighted by Gasteiger charge is -2.35. The number of ether oxygens (including phenoxy) is 1. The third-order valence-electron chi connectivity index (χ3n) is 8.69. The number of hydrogen-bond acceptors (Lipinski definition) is 6. The molecule has 0 bridgehead atoms. The quantitative estimate of drug-likeness (QED) is 0.223. The fourth-order valence-electron chi connectivity index (χ4n) is 6.22. The van der Waals surface area contributed by atoms with Crippen LogP contribution in [0.1, 0.15) is 52.9 Å². The first kappa shape index (κ1) is 33.5. The minimum absolute atomic E-state index is 0.0105. The lowest BCUT2D eigenvalue weighted by atomic mass is 9.86. The van der Waals surface area contributed by atoms with Gasteiger partial charge in [-0.05, 0) is 103 Å². The van der Waals surface area contributed by atoms with Gasteiger partial charge < -0.3 is 19.6 Å². The number of sulfonamides is 1.